The third-order valence-electron chi connectivity index (χ3n) is 5.50. The second-order valence-corrected chi connectivity index (χ2v) is 7.26. The lowest BCUT2D eigenvalue weighted by atomic mass is 10.0. The summed E-state index contributed by atoms with van der Waals surface area (Å²) in [4.78, 5) is 13.4. The molecule has 0 bridgehead atoms. The number of rotatable bonds is 3. The van der Waals surface area contributed by atoms with Crippen LogP contribution >= 0.6 is 0 Å². The average molecular weight is 319 g/mol. The van der Waals surface area contributed by atoms with Gasteiger partial charge in [0, 0.05) is 32.4 Å². The summed E-state index contributed by atoms with van der Waals surface area (Å²) in [6, 6.07) is 9.30. The number of anilines is 1. The van der Waals surface area contributed by atoms with Gasteiger partial charge in [0.15, 0.2) is 12.1 Å². The smallest absolute Gasteiger partial charge is 0.411 e. The van der Waals surface area contributed by atoms with Gasteiger partial charge in [0.05, 0.1) is 0 Å². The van der Waals surface area contributed by atoms with E-state index in [1.807, 2.05) is 30.3 Å². The molecule has 1 amide bonds. The quantitative estimate of drug-likeness (QED) is 0.877. The van der Waals surface area contributed by atoms with Crippen molar-refractivity contribution in [2.45, 2.75) is 43.7 Å². The number of hydrogen-bond donors (Lipinski definition) is 2. The van der Waals surface area contributed by atoms with Gasteiger partial charge in [-0.2, -0.15) is 0 Å². The minimum absolute atomic E-state index is 0.232. The fourth-order valence-corrected chi connectivity index (χ4v) is 4.51. The predicted octanol–water partition coefficient (Wildman–Crippen LogP) is 1.15. The zero-order chi connectivity index (χ0) is 16.1. The van der Waals surface area contributed by atoms with Crippen LogP contribution in [0.4, 0.5) is 10.5 Å². The Kier molecular flexibility index (Phi) is 3.20. The van der Waals surface area contributed by atoms with Crippen LogP contribution in [0.15, 0.2) is 30.3 Å². The minimum Gasteiger partial charge on any atom is -0.442 e. The summed E-state index contributed by atoms with van der Waals surface area (Å²) in [5.74, 6) is 0. The van der Waals surface area contributed by atoms with E-state index < -0.39 is 6.09 Å². The average Bonchev–Trinajstić information content (AvgIpc) is 3.11. The second-order valence-electron chi connectivity index (χ2n) is 7.26. The molecular formula is C17H23N2O4+. The summed E-state index contributed by atoms with van der Waals surface area (Å²) in [5.41, 5.74) is -0.0354. The molecule has 2 atom stereocenters. The molecule has 124 valence electrons. The van der Waals surface area contributed by atoms with Crippen molar-refractivity contribution in [2.24, 2.45) is 0 Å². The molecule has 4 rings (SSSR count). The van der Waals surface area contributed by atoms with Gasteiger partial charge >= 0.3 is 6.09 Å². The van der Waals surface area contributed by atoms with Gasteiger partial charge in [-0.15, -0.1) is 0 Å². The summed E-state index contributed by atoms with van der Waals surface area (Å²) in [6.45, 7) is 5.69. The monoisotopic (exact) mass is 319 g/mol. The highest BCUT2D eigenvalue weighted by atomic mass is 16.6. The van der Waals surface area contributed by atoms with Crippen LogP contribution in [-0.2, 0) is 14.2 Å². The second kappa shape index (κ2) is 4.93. The van der Waals surface area contributed by atoms with E-state index in [9.17, 15) is 4.79 Å². The van der Waals surface area contributed by atoms with Crippen molar-refractivity contribution in [3.05, 3.63) is 30.3 Å². The number of quaternary nitrogens is 1. The molecule has 3 saturated heterocycles. The number of hydrogen-bond acceptors (Lipinski definition) is 4. The van der Waals surface area contributed by atoms with Gasteiger partial charge in [0.1, 0.15) is 13.2 Å². The van der Waals surface area contributed by atoms with E-state index in [0.29, 0.717) is 19.8 Å². The summed E-state index contributed by atoms with van der Waals surface area (Å²) < 4.78 is 17.7. The molecule has 3 fully saturated rings. The van der Waals surface area contributed by atoms with Gasteiger partial charge in [-0.3, -0.25) is 10.2 Å². The highest BCUT2D eigenvalue weighted by Crippen LogP contribution is 2.39. The molecule has 3 aliphatic rings. The number of amides is 1. The number of benzene rings is 1. The number of ether oxygens (including phenoxy) is 3. The van der Waals surface area contributed by atoms with Gasteiger partial charge in [-0.25, -0.2) is 4.79 Å². The lowest BCUT2D eigenvalue weighted by Gasteiger charge is -2.34. The lowest BCUT2D eigenvalue weighted by Crippen LogP contribution is -3.27. The molecule has 0 spiro atoms. The standard InChI is InChI=1S/C17H22N2O4/c1-15-8-9-16(2)19(15)17(11-22-15,12-23-16)10-21-14(20)18-13-6-4-3-5-7-13/h3-7H,8-12H2,1-2H3,(H,18,20)/p+1/t15-,16-/m0/s1. The van der Waals surface area contributed by atoms with Crippen LogP contribution in [0.3, 0.4) is 0 Å². The van der Waals surface area contributed by atoms with Crippen LogP contribution in [0.5, 0.6) is 0 Å². The molecule has 1 aromatic carbocycles. The Morgan fingerprint density at radius 1 is 1.17 bits per heavy atom. The zero-order valence-corrected chi connectivity index (χ0v) is 13.6. The molecule has 0 saturated carbocycles. The maximum Gasteiger partial charge on any atom is 0.411 e. The highest BCUT2D eigenvalue weighted by molar-refractivity contribution is 5.84. The van der Waals surface area contributed by atoms with Crippen molar-refractivity contribution in [1.82, 2.24) is 0 Å². The molecule has 2 N–H and O–H groups in total. The van der Waals surface area contributed by atoms with Gasteiger partial charge < -0.3 is 14.2 Å². The first-order chi connectivity index (χ1) is 11.0. The molecule has 6 heteroatoms. The Balaban J connectivity index is 1.44. The summed E-state index contributed by atoms with van der Waals surface area (Å²) >= 11 is 0. The molecule has 0 radical (unpaired) electrons. The summed E-state index contributed by atoms with van der Waals surface area (Å²) in [5, 5.41) is 2.75. The number of carbonyl (C=O) groups is 1. The third kappa shape index (κ3) is 2.24. The SMILES string of the molecule is C[C@@]12CC[C@]3(C)OCC(COC(=O)Nc4ccccc4)(CO1)[NH+]23. The van der Waals surface area contributed by atoms with Gasteiger partial charge in [0.25, 0.3) is 0 Å². The van der Waals surface area contributed by atoms with Crippen LogP contribution in [0, 0.1) is 0 Å². The topological polar surface area (TPSA) is 61.2 Å². The maximum atomic E-state index is 12.1. The van der Waals surface area contributed by atoms with E-state index in [0.717, 1.165) is 18.5 Å². The normalized spacial score (nSPS) is 40.9. The third-order valence-corrected chi connectivity index (χ3v) is 5.50. The molecule has 3 heterocycles. The van der Waals surface area contributed by atoms with Crippen molar-refractivity contribution < 1.29 is 23.9 Å². The van der Waals surface area contributed by atoms with Crippen LogP contribution in [0.1, 0.15) is 26.7 Å². The predicted molar refractivity (Wildman–Crippen MR) is 83.1 cm³/mol. The lowest BCUT2D eigenvalue weighted by molar-refractivity contribution is -1.02. The molecule has 0 aromatic heterocycles. The summed E-state index contributed by atoms with van der Waals surface area (Å²) in [7, 11) is 0. The van der Waals surface area contributed by atoms with Crippen molar-refractivity contribution in [1.29, 1.82) is 0 Å². The maximum absolute atomic E-state index is 12.1. The Hall–Kier alpha value is -1.63. The van der Waals surface area contributed by atoms with E-state index in [2.05, 4.69) is 19.2 Å². The fourth-order valence-electron chi connectivity index (χ4n) is 4.51. The van der Waals surface area contributed by atoms with E-state index in [1.54, 1.807) is 0 Å². The van der Waals surface area contributed by atoms with Crippen LogP contribution in [-0.4, -0.2) is 42.9 Å². The molecule has 1 aromatic rings. The Labute approximate surface area is 135 Å². The first-order valence-corrected chi connectivity index (χ1v) is 8.11. The molecule has 0 unspecified atom stereocenters. The Morgan fingerprint density at radius 3 is 2.39 bits per heavy atom. The Morgan fingerprint density at radius 2 is 1.78 bits per heavy atom. The molecule has 6 nitrogen and oxygen atoms in total. The van der Waals surface area contributed by atoms with E-state index in [1.165, 1.54) is 4.90 Å². The van der Waals surface area contributed by atoms with Crippen LogP contribution in [0.25, 0.3) is 0 Å². The van der Waals surface area contributed by atoms with E-state index in [4.69, 9.17) is 14.2 Å². The van der Waals surface area contributed by atoms with Gasteiger partial charge in [-0.1, -0.05) is 18.2 Å². The van der Waals surface area contributed by atoms with Crippen LogP contribution < -0.4 is 10.2 Å². The van der Waals surface area contributed by atoms with E-state index >= 15 is 0 Å². The van der Waals surface area contributed by atoms with Gasteiger partial charge in [0.2, 0.25) is 11.4 Å². The fraction of sp³-hybridized carbons (Fsp3) is 0.588. The largest absolute Gasteiger partial charge is 0.442 e. The van der Waals surface area contributed by atoms with Gasteiger partial charge in [-0.05, 0) is 12.1 Å². The van der Waals surface area contributed by atoms with Crippen molar-refractivity contribution in [3.8, 4) is 0 Å². The summed E-state index contributed by atoms with van der Waals surface area (Å²) in [6.07, 6.45) is 1.50. The number of para-hydroxylation sites is 1. The number of nitrogens with one attached hydrogen (secondary N) is 2. The first-order valence-electron chi connectivity index (χ1n) is 8.11. The molecule has 23 heavy (non-hydrogen) atoms. The van der Waals surface area contributed by atoms with Crippen molar-refractivity contribution >= 4 is 11.8 Å². The van der Waals surface area contributed by atoms with E-state index in [-0.39, 0.29) is 17.0 Å². The molecule has 0 aliphatic carbocycles. The number of carbonyl (C=O) groups excluding carboxylic acids is 1. The first kappa shape index (κ1) is 14.9. The van der Waals surface area contributed by atoms with Crippen molar-refractivity contribution in [2.75, 3.05) is 25.1 Å². The highest BCUT2D eigenvalue weighted by Gasteiger charge is 2.74. The Bertz CT molecular complexity index is 600. The zero-order valence-electron chi connectivity index (χ0n) is 13.6. The van der Waals surface area contributed by atoms with Crippen LogP contribution in [0.2, 0.25) is 0 Å². The molecule has 3 aliphatic heterocycles. The van der Waals surface area contributed by atoms with Crippen molar-refractivity contribution in [3.63, 3.8) is 0 Å². The molecular weight excluding hydrogens is 296 g/mol. The minimum atomic E-state index is -0.439.